The van der Waals surface area contributed by atoms with Crippen molar-refractivity contribution in [1.29, 1.82) is 0 Å². The molecule has 21 heavy (non-hydrogen) atoms. The summed E-state index contributed by atoms with van der Waals surface area (Å²) in [5.74, 6) is 0. The van der Waals surface area contributed by atoms with E-state index in [1.807, 2.05) is 0 Å². The second-order valence-electron chi connectivity index (χ2n) is 5.36. The minimum atomic E-state index is 0. The second-order valence-corrected chi connectivity index (χ2v) is 5.36. The van der Waals surface area contributed by atoms with Crippen LogP contribution in [0.4, 0.5) is 0 Å². The lowest BCUT2D eigenvalue weighted by molar-refractivity contribution is 0.393. The Bertz CT molecular complexity index is 539. The highest BCUT2D eigenvalue weighted by Crippen LogP contribution is 2.42. The largest absolute Gasteiger partial charge is 0.308 e. The van der Waals surface area contributed by atoms with Gasteiger partial charge in [-0.3, -0.25) is 0 Å². The number of nitrogens with one attached hydrogen (secondary N) is 1. The van der Waals surface area contributed by atoms with Gasteiger partial charge in [0.1, 0.15) is 0 Å². The van der Waals surface area contributed by atoms with Gasteiger partial charge in [0.25, 0.3) is 0 Å². The number of hydrogen-bond acceptors (Lipinski definition) is 2. The molecule has 0 aromatic heterocycles. The van der Waals surface area contributed by atoms with E-state index in [0.717, 1.165) is 13.1 Å². The molecule has 0 radical (unpaired) electrons. The Morgan fingerprint density at radius 3 is 1.81 bits per heavy atom. The Kier molecular flexibility index (Phi) is 6.69. The molecule has 0 saturated heterocycles. The van der Waals surface area contributed by atoms with E-state index in [2.05, 4.69) is 72.8 Å². The molecule has 1 aliphatic rings. The van der Waals surface area contributed by atoms with Crippen molar-refractivity contribution < 1.29 is 0 Å². The number of likely N-dealkylation sites (N-methyl/N-ethyl adjacent to an activating group) is 1. The average Bonchev–Trinajstić information content (AvgIpc) is 2.74. The van der Waals surface area contributed by atoms with Crippen LogP contribution in [-0.2, 0) is 0 Å². The van der Waals surface area contributed by atoms with E-state index in [4.69, 9.17) is 0 Å². The summed E-state index contributed by atoms with van der Waals surface area (Å²) in [5.41, 5.74) is 5.56. The normalized spacial score (nSPS) is 12.3. The standard InChI is InChI=1S/C17H20N2.2ClH/c1-19(2)12-11-18-17-15-9-5-3-7-13(15)14-8-4-6-10-16(14)17;;/h3-10,17-18H,11-12H2,1-2H3;2*1H. The molecular formula is C17H22Cl2N2. The highest BCUT2D eigenvalue weighted by molar-refractivity contribution is 5.85. The van der Waals surface area contributed by atoms with Crippen molar-refractivity contribution >= 4 is 24.8 Å². The van der Waals surface area contributed by atoms with Crippen LogP contribution in [0.1, 0.15) is 17.2 Å². The van der Waals surface area contributed by atoms with Crippen LogP contribution in [0.2, 0.25) is 0 Å². The van der Waals surface area contributed by atoms with Crippen molar-refractivity contribution in [2.24, 2.45) is 0 Å². The summed E-state index contributed by atoms with van der Waals surface area (Å²) in [6.45, 7) is 2.06. The number of nitrogens with zero attached hydrogens (tertiary/aromatic N) is 1. The Morgan fingerprint density at radius 1 is 0.857 bits per heavy atom. The maximum atomic E-state index is 3.68. The zero-order valence-electron chi connectivity index (χ0n) is 12.4. The first-order valence-electron chi connectivity index (χ1n) is 6.83. The van der Waals surface area contributed by atoms with E-state index in [1.54, 1.807) is 0 Å². The van der Waals surface area contributed by atoms with Crippen LogP contribution in [0.3, 0.4) is 0 Å². The molecule has 3 rings (SSSR count). The lowest BCUT2D eigenvalue weighted by Gasteiger charge is -2.17. The van der Waals surface area contributed by atoms with E-state index in [0.29, 0.717) is 6.04 Å². The van der Waals surface area contributed by atoms with Gasteiger partial charge in [0.15, 0.2) is 0 Å². The summed E-state index contributed by atoms with van der Waals surface area (Å²) >= 11 is 0. The molecule has 4 heteroatoms. The van der Waals surface area contributed by atoms with Gasteiger partial charge < -0.3 is 10.2 Å². The fraction of sp³-hybridized carbons (Fsp3) is 0.294. The first-order valence-corrected chi connectivity index (χ1v) is 6.83. The summed E-state index contributed by atoms with van der Waals surface area (Å²) in [6.07, 6.45) is 0. The quantitative estimate of drug-likeness (QED) is 0.921. The first kappa shape index (κ1) is 18.0. The second kappa shape index (κ2) is 7.81. The summed E-state index contributed by atoms with van der Waals surface area (Å²) in [6, 6.07) is 17.8. The van der Waals surface area contributed by atoms with Gasteiger partial charge in [-0.05, 0) is 36.3 Å². The minimum absolute atomic E-state index is 0. The number of halogens is 2. The van der Waals surface area contributed by atoms with Crippen LogP contribution in [0.15, 0.2) is 48.5 Å². The molecule has 1 N–H and O–H groups in total. The summed E-state index contributed by atoms with van der Waals surface area (Å²) in [7, 11) is 4.22. The predicted molar refractivity (Wildman–Crippen MR) is 94.8 cm³/mol. The fourth-order valence-corrected chi connectivity index (χ4v) is 2.81. The summed E-state index contributed by atoms with van der Waals surface area (Å²) < 4.78 is 0. The molecule has 0 aliphatic heterocycles. The molecule has 0 spiro atoms. The molecule has 0 saturated carbocycles. The van der Waals surface area contributed by atoms with E-state index in [9.17, 15) is 0 Å². The Labute approximate surface area is 139 Å². The number of rotatable bonds is 4. The van der Waals surface area contributed by atoms with Gasteiger partial charge in [0.2, 0.25) is 0 Å². The van der Waals surface area contributed by atoms with Gasteiger partial charge in [0, 0.05) is 13.1 Å². The third kappa shape index (κ3) is 3.58. The van der Waals surface area contributed by atoms with Crippen molar-refractivity contribution in [2.45, 2.75) is 6.04 Å². The van der Waals surface area contributed by atoms with Crippen LogP contribution in [0, 0.1) is 0 Å². The summed E-state index contributed by atoms with van der Waals surface area (Å²) in [4.78, 5) is 2.21. The Balaban J connectivity index is 0.00000110. The van der Waals surface area contributed by atoms with Crippen molar-refractivity contribution in [3.05, 3.63) is 59.7 Å². The Hall–Kier alpha value is -1.06. The Morgan fingerprint density at radius 2 is 1.33 bits per heavy atom. The highest BCUT2D eigenvalue weighted by atomic mass is 35.5. The van der Waals surface area contributed by atoms with E-state index < -0.39 is 0 Å². The zero-order valence-corrected chi connectivity index (χ0v) is 14.0. The van der Waals surface area contributed by atoms with E-state index in [1.165, 1.54) is 22.3 Å². The summed E-state index contributed by atoms with van der Waals surface area (Å²) in [5, 5.41) is 3.68. The lowest BCUT2D eigenvalue weighted by atomic mass is 10.1. The smallest absolute Gasteiger partial charge is 0.0589 e. The van der Waals surface area contributed by atoms with Gasteiger partial charge in [-0.15, -0.1) is 24.8 Å². The van der Waals surface area contributed by atoms with Crippen LogP contribution in [0.25, 0.3) is 11.1 Å². The topological polar surface area (TPSA) is 15.3 Å². The van der Waals surface area contributed by atoms with Crippen molar-refractivity contribution in [3.8, 4) is 11.1 Å². The van der Waals surface area contributed by atoms with Gasteiger partial charge in [0.05, 0.1) is 6.04 Å². The van der Waals surface area contributed by atoms with Gasteiger partial charge in [-0.2, -0.15) is 0 Å². The minimum Gasteiger partial charge on any atom is -0.308 e. The van der Waals surface area contributed by atoms with Gasteiger partial charge in [-0.1, -0.05) is 48.5 Å². The van der Waals surface area contributed by atoms with Crippen molar-refractivity contribution in [2.75, 3.05) is 27.2 Å². The molecule has 2 nitrogen and oxygen atoms in total. The van der Waals surface area contributed by atoms with Crippen molar-refractivity contribution in [3.63, 3.8) is 0 Å². The molecule has 0 atom stereocenters. The van der Waals surface area contributed by atoms with Gasteiger partial charge >= 0.3 is 0 Å². The number of fused-ring (bicyclic) bond motifs is 3. The van der Waals surface area contributed by atoms with Gasteiger partial charge in [-0.25, -0.2) is 0 Å². The first-order chi connectivity index (χ1) is 9.27. The molecule has 2 aromatic carbocycles. The molecular weight excluding hydrogens is 303 g/mol. The highest BCUT2D eigenvalue weighted by Gasteiger charge is 2.27. The molecule has 0 heterocycles. The third-order valence-corrected chi connectivity index (χ3v) is 3.74. The third-order valence-electron chi connectivity index (χ3n) is 3.74. The average molecular weight is 325 g/mol. The van der Waals surface area contributed by atoms with Crippen LogP contribution in [-0.4, -0.2) is 32.1 Å². The zero-order chi connectivity index (χ0) is 13.2. The maximum absolute atomic E-state index is 3.68. The lowest BCUT2D eigenvalue weighted by Crippen LogP contribution is -2.29. The van der Waals surface area contributed by atoms with Crippen LogP contribution >= 0.6 is 24.8 Å². The van der Waals surface area contributed by atoms with Crippen LogP contribution in [0.5, 0.6) is 0 Å². The molecule has 2 aromatic rings. The fourth-order valence-electron chi connectivity index (χ4n) is 2.81. The van der Waals surface area contributed by atoms with Crippen LogP contribution < -0.4 is 5.32 Å². The molecule has 114 valence electrons. The van der Waals surface area contributed by atoms with Crippen molar-refractivity contribution in [1.82, 2.24) is 10.2 Å². The van der Waals surface area contributed by atoms with E-state index >= 15 is 0 Å². The molecule has 0 bridgehead atoms. The number of benzene rings is 2. The maximum Gasteiger partial charge on any atom is 0.0589 e. The molecule has 0 unspecified atom stereocenters. The van der Waals surface area contributed by atoms with E-state index in [-0.39, 0.29) is 24.8 Å². The monoisotopic (exact) mass is 324 g/mol. The number of hydrogen-bond donors (Lipinski definition) is 1. The molecule has 0 fully saturated rings. The predicted octanol–water partition coefficient (Wildman–Crippen LogP) is 3.75. The molecule has 0 amide bonds. The molecule has 1 aliphatic carbocycles. The SMILES string of the molecule is CN(C)CCNC1c2ccccc2-c2ccccc21.Cl.Cl.